The van der Waals surface area contributed by atoms with Crippen molar-refractivity contribution < 1.29 is 23.8 Å². The van der Waals surface area contributed by atoms with Gasteiger partial charge in [0.15, 0.2) is 6.79 Å². The summed E-state index contributed by atoms with van der Waals surface area (Å²) in [6.07, 6.45) is 0.816. The molecular formula is C24H44N2O5. The Morgan fingerprint density at radius 2 is 1.42 bits per heavy atom. The molecule has 0 radical (unpaired) electrons. The summed E-state index contributed by atoms with van der Waals surface area (Å²) in [6, 6.07) is 1.51. The first-order chi connectivity index (χ1) is 14.1. The zero-order chi connectivity index (χ0) is 24.7. The largest absolute Gasteiger partial charge is 0.465 e. The van der Waals surface area contributed by atoms with E-state index in [4.69, 9.17) is 25.2 Å². The number of carbonyl (C=O) groups excluding carboxylic acids is 2. The van der Waals surface area contributed by atoms with Gasteiger partial charge in [0.2, 0.25) is 0 Å². The number of hydrogen-bond donors (Lipinski definition) is 1. The standard InChI is InChI=1S/C24H44N2O5/c1-11-29-16-31-20(28)24(10,18(4)26)22(7,8)21(5,6)23(9,17(2)3)19(27)30-15-13-12-14-25/h17-18H,11-13,15-16,26H2,1-10H3. The van der Waals surface area contributed by atoms with E-state index >= 15 is 0 Å². The van der Waals surface area contributed by atoms with Gasteiger partial charge in [-0.25, -0.2) is 0 Å². The highest BCUT2D eigenvalue weighted by Crippen LogP contribution is 2.62. The van der Waals surface area contributed by atoms with Gasteiger partial charge in [0, 0.05) is 19.1 Å². The molecule has 0 aromatic carbocycles. The Labute approximate surface area is 189 Å². The summed E-state index contributed by atoms with van der Waals surface area (Å²) in [5.74, 6) is -0.877. The third kappa shape index (κ3) is 5.40. The molecule has 7 nitrogen and oxygen atoms in total. The highest BCUT2D eigenvalue weighted by molar-refractivity contribution is 5.81. The number of rotatable bonds is 13. The molecule has 0 aromatic rings. The van der Waals surface area contributed by atoms with Crippen molar-refractivity contribution in [1.29, 1.82) is 5.26 Å². The minimum absolute atomic E-state index is 0.0815. The molecule has 31 heavy (non-hydrogen) atoms. The fourth-order valence-corrected chi connectivity index (χ4v) is 4.32. The maximum absolute atomic E-state index is 13.4. The van der Waals surface area contributed by atoms with Crippen molar-refractivity contribution in [2.45, 2.75) is 88.1 Å². The van der Waals surface area contributed by atoms with Crippen molar-refractivity contribution >= 4 is 11.9 Å². The molecule has 3 unspecified atom stereocenters. The topological polar surface area (TPSA) is 112 Å². The lowest BCUT2D eigenvalue weighted by Gasteiger charge is -2.60. The molecule has 3 atom stereocenters. The van der Waals surface area contributed by atoms with Crippen LogP contribution >= 0.6 is 0 Å². The van der Waals surface area contributed by atoms with Crippen molar-refractivity contribution in [3.63, 3.8) is 0 Å². The fourth-order valence-electron chi connectivity index (χ4n) is 4.32. The second-order valence-corrected chi connectivity index (χ2v) is 10.0. The molecule has 0 aromatic heterocycles. The van der Waals surface area contributed by atoms with Crippen LogP contribution in [0.25, 0.3) is 0 Å². The minimum Gasteiger partial charge on any atom is -0.465 e. The Bertz CT molecular complexity index is 651. The van der Waals surface area contributed by atoms with Gasteiger partial charge in [-0.05, 0) is 50.9 Å². The lowest BCUT2D eigenvalue weighted by molar-refractivity contribution is -0.203. The van der Waals surface area contributed by atoms with Crippen LogP contribution < -0.4 is 5.73 Å². The summed E-state index contributed by atoms with van der Waals surface area (Å²) >= 11 is 0. The van der Waals surface area contributed by atoms with Crippen molar-refractivity contribution in [2.24, 2.45) is 33.3 Å². The quantitative estimate of drug-likeness (QED) is 0.256. The highest BCUT2D eigenvalue weighted by atomic mass is 16.7. The zero-order valence-electron chi connectivity index (χ0n) is 21.3. The van der Waals surface area contributed by atoms with Gasteiger partial charge in [-0.3, -0.25) is 9.59 Å². The lowest BCUT2D eigenvalue weighted by atomic mass is 9.43. The molecular weight excluding hydrogens is 396 g/mol. The van der Waals surface area contributed by atoms with Crippen molar-refractivity contribution in [2.75, 3.05) is 20.0 Å². The Hall–Kier alpha value is -1.65. The molecule has 0 spiro atoms. The van der Waals surface area contributed by atoms with Crippen LogP contribution in [-0.4, -0.2) is 38.0 Å². The first-order valence-corrected chi connectivity index (χ1v) is 11.1. The van der Waals surface area contributed by atoms with Crippen molar-refractivity contribution in [3.8, 4) is 6.07 Å². The molecule has 0 saturated heterocycles. The molecule has 0 bridgehead atoms. The Morgan fingerprint density at radius 1 is 0.935 bits per heavy atom. The van der Waals surface area contributed by atoms with Gasteiger partial charge in [0.25, 0.3) is 0 Å². The van der Waals surface area contributed by atoms with E-state index in [-0.39, 0.29) is 25.3 Å². The van der Waals surface area contributed by atoms with E-state index in [9.17, 15) is 9.59 Å². The Balaban J connectivity index is 6.27. The van der Waals surface area contributed by atoms with Gasteiger partial charge < -0.3 is 19.9 Å². The second-order valence-electron chi connectivity index (χ2n) is 10.0. The Kier molecular flexibility index (Phi) is 10.7. The maximum atomic E-state index is 13.4. The van der Waals surface area contributed by atoms with E-state index in [0.29, 0.717) is 19.4 Å². The number of esters is 2. The lowest BCUT2D eigenvalue weighted by Crippen LogP contribution is -2.64. The highest BCUT2D eigenvalue weighted by Gasteiger charge is 2.65. The molecule has 0 fully saturated rings. The van der Waals surface area contributed by atoms with Gasteiger partial charge >= 0.3 is 11.9 Å². The van der Waals surface area contributed by atoms with Crippen LogP contribution in [-0.2, 0) is 23.8 Å². The van der Waals surface area contributed by atoms with E-state index in [1.54, 1.807) is 13.8 Å². The van der Waals surface area contributed by atoms with E-state index in [1.165, 1.54) is 0 Å². The van der Waals surface area contributed by atoms with E-state index < -0.39 is 33.7 Å². The number of unbranched alkanes of at least 4 members (excludes halogenated alkanes) is 1. The average molecular weight is 441 g/mol. The molecule has 0 aliphatic rings. The van der Waals surface area contributed by atoms with Crippen LogP contribution in [0.2, 0.25) is 0 Å². The van der Waals surface area contributed by atoms with Gasteiger partial charge in [0.1, 0.15) is 0 Å². The summed E-state index contributed by atoms with van der Waals surface area (Å²) < 4.78 is 16.2. The minimum atomic E-state index is -1.11. The maximum Gasteiger partial charge on any atom is 0.316 e. The molecule has 7 heteroatoms. The van der Waals surface area contributed by atoms with Crippen LogP contribution in [0, 0.1) is 38.9 Å². The van der Waals surface area contributed by atoms with Crippen LogP contribution in [0.3, 0.4) is 0 Å². The van der Waals surface area contributed by atoms with Gasteiger partial charge in [-0.2, -0.15) is 5.26 Å². The third-order valence-corrected chi connectivity index (χ3v) is 8.22. The first kappa shape index (κ1) is 29.4. The number of carbonyl (C=O) groups is 2. The average Bonchev–Trinajstić information content (AvgIpc) is 2.68. The fraction of sp³-hybridized carbons (Fsp3) is 0.875. The van der Waals surface area contributed by atoms with E-state index in [1.807, 2.05) is 55.4 Å². The normalized spacial score (nSPS) is 17.3. The second kappa shape index (κ2) is 11.3. The smallest absolute Gasteiger partial charge is 0.316 e. The summed E-state index contributed by atoms with van der Waals surface area (Å²) in [6.45, 7) is 19.6. The molecule has 0 amide bonds. The third-order valence-electron chi connectivity index (χ3n) is 8.22. The van der Waals surface area contributed by atoms with E-state index in [2.05, 4.69) is 6.07 Å². The summed E-state index contributed by atoms with van der Waals surface area (Å²) in [4.78, 5) is 26.6. The summed E-state index contributed by atoms with van der Waals surface area (Å²) in [5.41, 5.74) is 2.84. The van der Waals surface area contributed by atoms with Crippen molar-refractivity contribution in [3.05, 3.63) is 0 Å². The SMILES string of the molecule is CCOCOC(=O)C(C)(C(C)N)C(C)(C)C(C)(C)C(C)(C(=O)OCCCC#N)C(C)C. The summed E-state index contributed by atoms with van der Waals surface area (Å²) in [5, 5.41) is 8.73. The number of nitrogens with zero attached hydrogens (tertiary/aromatic N) is 1. The molecule has 180 valence electrons. The predicted molar refractivity (Wildman–Crippen MR) is 121 cm³/mol. The van der Waals surface area contributed by atoms with Crippen LogP contribution in [0.1, 0.15) is 82.1 Å². The number of nitrogens with two attached hydrogens (primary N) is 1. The number of ether oxygens (including phenoxy) is 3. The molecule has 0 aliphatic carbocycles. The monoisotopic (exact) mass is 440 g/mol. The Morgan fingerprint density at radius 3 is 1.84 bits per heavy atom. The van der Waals surface area contributed by atoms with E-state index in [0.717, 1.165) is 0 Å². The molecule has 2 N–H and O–H groups in total. The first-order valence-electron chi connectivity index (χ1n) is 11.1. The van der Waals surface area contributed by atoms with Crippen LogP contribution in [0.5, 0.6) is 0 Å². The van der Waals surface area contributed by atoms with Gasteiger partial charge in [-0.1, -0.05) is 41.5 Å². The number of nitriles is 1. The molecule has 0 saturated carbocycles. The summed E-state index contributed by atoms with van der Waals surface area (Å²) in [7, 11) is 0. The molecule has 0 heterocycles. The van der Waals surface area contributed by atoms with Crippen LogP contribution in [0.15, 0.2) is 0 Å². The predicted octanol–water partition coefficient (Wildman–Crippen LogP) is 4.44. The molecule has 0 aliphatic heterocycles. The van der Waals surface area contributed by atoms with Gasteiger partial charge in [0.05, 0.1) is 23.5 Å². The number of hydrogen-bond acceptors (Lipinski definition) is 7. The van der Waals surface area contributed by atoms with Gasteiger partial charge in [-0.15, -0.1) is 0 Å². The molecule has 0 rings (SSSR count). The van der Waals surface area contributed by atoms with Crippen molar-refractivity contribution in [1.82, 2.24) is 0 Å². The zero-order valence-corrected chi connectivity index (χ0v) is 21.3. The van der Waals surface area contributed by atoms with Crippen LogP contribution in [0.4, 0.5) is 0 Å².